The summed E-state index contributed by atoms with van der Waals surface area (Å²) >= 11 is 0. The number of likely N-dealkylation sites (tertiary alicyclic amines) is 2. The molecule has 2 aliphatic rings. The Bertz CT molecular complexity index is 1320. The van der Waals surface area contributed by atoms with Gasteiger partial charge in [-0.15, -0.1) is 0 Å². The number of amides is 2. The van der Waals surface area contributed by atoms with E-state index in [9.17, 15) is 31.2 Å². The van der Waals surface area contributed by atoms with E-state index in [0.29, 0.717) is 25.1 Å². The van der Waals surface area contributed by atoms with Crippen molar-refractivity contribution in [2.45, 2.75) is 57.1 Å². The van der Waals surface area contributed by atoms with E-state index in [1.54, 1.807) is 40.1 Å². The fourth-order valence-electron chi connectivity index (χ4n) is 5.18. The van der Waals surface area contributed by atoms with Crippen molar-refractivity contribution >= 4 is 21.8 Å². The molecular weight excluding hydrogens is 531 g/mol. The molecule has 1 N–H and O–H groups in total. The molecule has 2 aromatic rings. The largest absolute Gasteiger partial charge is 0.417 e. The highest BCUT2D eigenvalue weighted by atomic mass is 32.2. The van der Waals surface area contributed by atoms with Gasteiger partial charge in [0.05, 0.1) is 16.4 Å². The first-order valence-corrected chi connectivity index (χ1v) is 14.5. The molecule has 212 valence electrons. The van der Waals surface area contributed by atoms with E-state index < -0.39 is 38.1 Å². The topological polar surface area (TPSA) is 86.8 Å². The van der Waals surface area contributed by atoms with Crippen LogP contribution in [0.25, 0.3) is 11.1 Å². The third-order valence-corrected chi connectivity index (χ3v) is 8.86. The highest BCUT2D eigenvalue weighted by molar-refractivity contribution is 7.89. The van der Waals surface area contributed by atoms with Crippen LogP contribution in [0.2, 0.25) is 0 Å². The second kappa shape index (κ2) is 10.9. The van der Waals surface area contributed by atoms with Gasteiger partial charge in [0.2, 0.25) is 21.8 Å². The lowest BCUT2D eigenvalue weighted by atomic mass is 9.95. The maximum Gasteiger partial charge on any atom is 0.417 e. The van der Waals surface area contributed by atoms with Crippen LogP contribution < -0.4 is 4.72 Å². The van der Waals surface area contributed by atoms with Crippen LogP contribution in [0, 0.1) is 11.3 Å². The van der Waals surface area contributed by atoms with Gasteiger partial charge in [-0.1, -0.05) is 57.2 Å². The molecule has 0 unspecified atom stereocenters. The molecule has 7 nitrogen and oxygen atoms in total. The van der Waals surface area contributed by atoms with Crippen LogP contribution >= 0.6 is 0 Å². The van der Waals surface area contributed by atoms with Crippen molar-refractivity contribution in [2.24, 2.45) is 11.3 Å². The summed E-state index contributed by atoms with van der Waals surface area (Å²) in [4.78, 5) is 28.2. The van der Waals surface area contributed by atoms with E-state index in [-0.39, 0.29) is 49.2 Å². The van der Waals surface area contributed by atoms with Crippen LogP contribution in [0.5, 0.6) is 0 Å². The number of hydrogen-bond acceptors (Lipinski definition) is 4. The van der Waals surface area contributed by atoms with Crippen molar-refractivity contribution in [3.05, 3.63) is 54.1 Å². The van der Waals surface area contributed by atoms with E-state index in [0.717, 1.165) is 12.1 Å². The predicted octanol–water partition coefficient (Wildman–Crippen LogP) is 4.54. The number of carbonyl (C=O) groups excluding carboxylic acids is 2. The molecule has 2 aromatic carbocycles. The number of hydrogen-bond donors (Lipinski definition) is 1. The van der Waals surface area contributed by atoms with Gasteiger partial charge in [0, 0.05) is 37.6 Å². The molecule has 2 amide bonds. The Kier molecular flexibility index (Phi) is 8.14. The quantitative estimate of drug-likeness (QED) is 0.577. The van der Waals surface area contributed by atoms with Gasteiger partial charge in [-0.2, -0.15) is 13.2 Å². The first kappa shape index (κ1) is 29.1. The molecule has 0 spiro atoms. The maximum absolute atomic E-state index is 13.9. The second-order valence-electron chi connectivity index (χ2n) is 11.3. The molecule has 0 saturated carbocycles. The lowest BCUT2D eigenvalue weighted by Gasteiger charge is -2.34. The number of sulfonamides is 1. The molecule has 0 bridgehead atoms. The Morgan fingerprint density at radius 1 is 0.872 bits per heavy atom. The van der Waals surface area contributed by atoms with Gasteiger partial charge >= 0.3 is 6.18 Å². The Balaban J connectivity index is 1.40. The predicted molar refractivity (Wildman–Crippen MR) is 141 cm³/mol. The van der Waals surface area contributed by atoms with Crippen LogP contribution in [0.1, 0.15) is 45.6 Å². The minimum atomic E-state index is -4.87. The van der Waals surface area contributed by atoms with Gasteiger partial charge < -0.3 is 9.80 Å². The van der Waals surface area contributed by atoms with Crippen molar-refractivity contribution < 1.29 is 31.2 Å². The smallest absolute Gasteiger partial charge is 0.342 e. The first-order valence-electron chi connectivity index (χ1n) is 13.0. The number of alkyl halides is 3. The average molecular weight is 566 g/mol. The zero-order chi connectivity index (χ0) is 28.6. The summed E-state index contributed by atoms with van der Waals surface area (Å²) in [5, 5.41) is 0. The Morgan fingerprint density at radius 2 is 1.49 bits per heavy atom. The molecule has 39 heavy (non-hydrogen) atoms. The van der Waals surface area contributed by atoms with E-state index >= 15 is 0 Å². The summed E-state index contributed by atoms with van der Waals surface area (Å²) < 4.78 is 70.4. The van der Waals surface area contributed by atoms with Crippen LogP contribution in [0.3, 0.4) is 0 Å². The van der Waals surface area contributed by atoms with Gasteiger partial charge in [0.15, 0.2) is 0 Å². The van der Waals surface area contributed by atoms with E-state index in [1.807, 2.05) is 20.8 Å². The van der Waals surface area contributed by atoms with Crippen LogP contribution in [0.4, 0.5) is 13.2 Å². The molecule has 4 rings (SSSR count). The molecule has 0 radical (unpaired) electrons. The minimum Gasteiger partial charge on any atom is -0.342 e. The fraction of sp³-hybridized carbons (Fsp3) is 0.500. The number of nitrogens with one attached hydrogen (secondary N) is 1. The monoisotopic (exact) mass is 565 g/mol. The zero-order valence-electron chi connectivity index (χ0n) is 22.3. The molecule has 0 aliphatic carbocycles. The van der Waals surface area contributed by atoms with E-state index in [4.69, 9.17) is 0 Å². The Morgan fingerprint density at radius 3 is 2.08 bits per heavy atom. The number of rotatable bonds is 5. The van der Waals surface area contributed by atoms with E-state index in [2.05, 4.69) is 4.72 Å². The van der Waals surface area contributed by atoms with Crippen molar-refractivity contribution in [3.63, 3.8) is 0 Å². The number of nitrogens with zero attached hydrogens (tertiary/aromatic N) is 2. The van der Waals surface area contributed by atoms with Gasteiger partial charge in [-0.05, 0) is 42.5 Å². The van der Waals surface area contributed by atoms with Gasteiger partial charge in [-0.3, -0.25) is 9.59 Å². The summed E-state index contributed by atoms with van der Waals surface area (Å²) in [5.74, 6) is -0.376. The summed E-state index contributed by atoms with van der Waals surface area (Å²) in [7, 11) is -4.47. The third-order valence-electron chi connectivity index (χ3n) is 7.28. The highest BCUT2D eigenvalue weighted by Crippen LogP contribution is 2.37. The van der Waals surface area contributed by atoms with Gasteiger partial charge in [0.25, 0.3) is 0 Å². The molecular formula is C28H34F3N3O4S. The lowest BCUT2D eigenvalue weighted by molar-refractivity contribution is -0.140. The standard InChI is InChI=1S/C28H34F3N3O4S/c1-27(2,3)26(36)34-14-11-21(18-34)25(35)33-15-12-22(13-16-33)32-39(37,38)24-10-9-20(17-23(24)28(29,30)31)19-7-5-4-6-8-19/h4-10,17,21-22,32H,11-16,18H2,1-3H3/t21-/m0/s1. The molecule has 2 saturated heterocycles. The molecule has 11 heteroatoms. The molecule has 2 aliphatic heterocycles. The number of carbonyl (C=O) groups is 2. The lowest BCUT2D eigenvalue weighted by Crippen LogP contribution is -2.48. The molecule has 1 atom stereocenters. The Hall–Kier alpha value is -2.92. The molecule has 2 heterocycles. The number of halogens is 3. The van der Waals surface area contributed by atoms with Crippen molar-refractivity contribution in [2.75, 3.05) is 26.2 Å². The number of piperidine rings is 1. The minimum absolute atomic E-state index is 0.000872. The SMILES string of the molecule is CC(C)(C)C(=O)N1CC[C@H](C(=O)N2CCC(NS(=O)(=O)c3ccc(-c4ccccc4)cc3C(F)(F)F)CC2)C1. The Labute approximate surface area is 227 Å². The summed E-state index contributed by atoms with van der Waals surface area (Å²) in [6, 6.07) is 11.1. The first-order chi connectivity index (χ1) is 18.2. The summed E-state index contributed by atoms with van der Waals surface area (Å²) in [6.07, 6.45) is -3.72. The maximum atomic E-state index is 13.9. The van der Waals surface area contributed by atoms with Crippen molar-refractivity contribution in [3.8, 4) is 11.1 Å². The van der Waals surface area contributed by atoms with Crippen molar-refractivity contribution in [1.82, 2.24) is 14.5 Å². The normalized spacial score (nSPS) is 19.4. The van der Waals surface area contributed by atoms with Crippen LogP contribution in [0.15, 0.2) is 53.4 Å². The third kappa shape index (κ3) is 6.63. The summed E-state index contributed by atoms with van der Waals surface area (Å²) in [6.45, 7) is 6.97. The van der Waals surface area contributed by atoms with Crippen LogP contribution in [-0.4, -0.2) is 62.3 Å². The number of benzene rings is 2. The fourth-order valence-corrected chi connectivity index (χ4v) is 6.69. The van der Waals surface area contributed by atoms with Gasteiger partial charge in [-0.25, -0.2) is 13.1 Å². The highest BCUT2D eigenvalue weighted by Gasteiger charge is 2.40. The molecule has 0 aromatic heterocycles. The molecule has 2 fully saturated rings. The summed E-state index contributed by atoms with van der Waals surface area (Å²) in [5.41, 5.74) is -0.936. The zero-order valence-corrected chi connectivity index (χ0v) is 23.1. The second-order valence-corrected chi connectivity index (χ2v) is 13.0. The van der Waals surface area contributed by atoms with Crippen molar-refractivity contribution in [1.29, 1.82) is 0 Å². The van der Waals surface area contributed by atoms with E-state index in [1.165, 1.54) is 6.07 Å². The average Bonchev–Trinajstić information content (AvgIpc) is 3.37. The van der Waals surface area contributed by atoms with Gasteiger partial charge in [0.1, 0.15) is 0 Å². The van der Waals surface area contributed by atoms with Crippen LogP contribution in [-0.2, 0) is 25.8 Å².